The van der Waals surface area contributed by atoms with Gasteiger partial charge in [0, 0.05) is 17.0 Å². The Bertz CT molecular complexity index is 939. The van der Waals surface area contributed by atoms with Gasteiger partial charge in [0.15, 0.2) is 5.78 Å². The quantitative estimate of drug-likeness (QED) is 0.746. The molecule has 2 saturated heterocycles. The van der Waals surface area contributed by atoms with Crippen LogP contribution in [0.4, 0.5) is 0 Å². The summed E-state index contributed by atoms with van der Waals surface area (Å²) in [7, 11) is 0. The van der Waals surface area contributed by atoms with Gasteiger partial charge in [-0.25, -0.2) is 0 Å². The van der Waals surface area contributed by atoms with Gasteiger partial charge in [-0.1, -0.05) is 32.0 Å². The fourth-order valence-electron chi connectivity index (χ4n) is 4.40. The first kappa shape index (κ1) is 21.7. The number of amides is 2. The van der Waals surface area contributed by atoms with Gasteiger partial charge >= 0.3 is 0 Å². The minimum absolute atomic E-state index is 0.0446. The molecule has 0 saturated carbocycles. The number of nitrogens with zero attached hydrogens (tertiary/aromatic N) is 1. The van der Waals surface area contributed by atoms with E-state index in [4.69, 9.17) is 4.74 Å². The maximum absolute atomic E-state index is 13.4. The van der Waals surface area contributed by atoms with E-state index in [1.807, 2.05) is 43.5 Å². The molecule has 7 heteroatoms. The summed E-state index contributed by atoms with van der Waals surface area (Å²) in [5, 5.41) is 4.95. The fourth-order valence-corrected chi connectivity index (χ4v) is 5.13. The SMILES string of the molecule is CC(C)C[C@H](NC(=O)c1ccc(-c2cccs2)cc1)C(=O)N1CCCC2OCC(=O)C21. The van der Waals surface area contributed by atoms with E-state index < -0.39 is 12.1 Å². The number of hydrogen-bond donors (Lipinski definition) is 1. The third-order valence-corrected chi connectivity index (χ3v) is 6.81. The molecule has 1 N–H and O–H groups in total. The number of ketones is 1. The Balaban J connectivity index is 1.49. The second-order valence-corrected chi connectivity index (χ2v) is 9.59. The summed E-state index contributed by atoms with van der Waals surface area (Å²) in [6, 6.07) is 10.3. The standard InChI is InChI=1S/C24H28N2O4S/c1-15(2)13-18(24(29)26-11-3-5-20-22(26)19(27)14-30-20)25-23(28)17-9-7-16(8-10-17)21-6-4-12-31-21/h4,6-10,12,15,18,20,22H,3,5,11,13-14H2,1-2H3,(H,25,28)/t18-,20?,22?/m0/s1. The minimum atomic E-state index is -0.670. The third kappa shape index (κ3) is 4.72. The van der Waals surface area contributed by atoms with E-state index in [0.717, 1.165) is 23.3 Å². The third-order valence-electron chi connectivity index (χ3n) is 5.89. The topological polar surface area (TPSA) is 75.7 Å². The molecule has 2 aliphatic rings. The van der Waals surface area contributed by atoms with Crippen LogP contribution in [0.25, 0.3) is 10.4 Å². The van der Waals surface area contributed by atoms with Gasteiger partial charge in [0.05, 0.1) is 6.10 Å². The van der Waals surface area contributed by atoms with Crippen LogP contribution in [0.5, 0.6) is 0 Å². The molecule has 0 radical (unpaired) electrons. The summed E-state index contributed by atoms with van der Waals surface area (Å²) >= 11 is 1.65. The van der Waals surface area contributed by atoms with Crippen LogP contribution in [0.15, 0.2) is 41.8 Å². The Kier molecular flexibility index (Phi) is 6.53. The molecule has 0 bridgehead atoms. The van der Waals surface area contributed by atoms with Crippen LogP contribution in [0, 0.1) is 5.92 Å². The molecular weight excluding hydrogens is 412 g/mol. The zero-order chi connectivity index (χ0) is 22.0. The number of rotatable bonds is 6. The zero-order valence-corrected chi connectivity index (χ0v) is 18.7. The molecule has 31 heavy (non-hydrogen) atoms. The Morgan fingerprint density at radius 3 is 2.68 bits per heavy atom. The molecule has 3 atom stereocenters. The van der Waals surface area contributed by atoms with Crippen LogP contribution in [0.3, 0.4) is 0 Å². The number of benzene rings is 1. The highest BCUT2D eigenvalue weighted by atomic mass is 32.1. The number of fused-ring (bicyclic) bond motifs is 1. The lowest BCUT2D eigenvalue weighted by molar-refractivity contribution is -0.142. The Morgan fingerprint density at radius 2 is 2.00 bits per heavy atom. The number of nitrogens with one attached hydrogen (secondary N) is 1. The van der Waals surface area contributed by atoms with E-state index in [1.54, 1.807) is 28.4 Å². The molecule has 4 rings (SSSR count). The van der Waals surface area contributed by atoms with Crippen LogP contribution in [-0.2, 0) is 14.3 Å². The van der Waals surface area contributed by atoms with E-state index >= 15 is 0 Å². The van der Waals surface area contributed by atoms with Crippen molar-refractivity contribution in [3.63, 3.8) is 0 Å². The van der Waals surface area contributed by atoms with E-state index in [9.17, 15) is 14.4 Å². The van der Waals surface area contributed by atoms with Crippen molar-refractivity contribution in [3.05, 3.63) is 47.3 Å². The lowest BCUT2D eigenvalue weighted by atomic mass is 9.95. The molecule has 3 heterocycles. The van der Waals surface area contributed by atoms with Gasteiger partial charge in [0.25, 0.3) is 5.91 Å². The number of ether oxygens (including phenoxy) is 1. The monoisotopic (exact) mass is 440 g/mol. The molecule has 1 aromatic heterocycles. The number of carbonyl (C=O) groups excluding carboxylic acids is 3. The van der Waals surface area contributed by atoms with E-state index in [2.05, 4.69) is 5.32 Å². The second-order valence-electron chi connectivity index (χ2n) is 8.64. The second kappa shape index (κ2) is 9.32. The van der Waals surface area contributed by atoms with Crippen molar-refractivity contribution in [2.75, 3.05) is 13.2 Å². The van der Waals surface area contributed by atoms with Gasteiger partial charge in [0.1, 0.15) is 18.7 Å². The first-order valence-corrected chi connectivity index (χ1v) is 11.7. The molecule has 164 valence electrons. The average molecular weight is 441 g/mol. The number of likely N-dealkylation sites (tertiary alicyclic amines) is 1. The maximum Gasteiger partial charge on any atom is 0.251 e. The summed E-state index contributed by atoms with van der Waals surface area (Å²) in [6.07, 6.45) is 1.89. The average Bonchev–Trinajstić information content (AvgIpc) is 3.43. The van der Waals surface area contributed by atoms with Gasteiger partial charge < -0.3 is 15.0 Å². The Labute approximate surface area is 186 Å². The number of thiophene rings is 1. The van der Waals surface area contributed by atoms with Crippen molar-refractivity contribution >= 4 is 28.9 Å². The lowest BCUT2D eigenvalue weighted by Crippen LogP contribution is -2.58. The molecule has 2 amide bonds. The first-order chi connectivity index (χ1) is 14.9. The van der Waals surface area contributed by atoms with E-state index in [-0.39, 0.29) is 36.2 Å². The van der Waals surface area contributed by atoms with Crippen LogP contribution in [0.1, 0.15) is 43.5 Å². The summed E-state index contributed by atoms with van der Waals surface area (Å²) in [6.45, 7) is 4.63. The van der Waals surface area contributed by atoms with Crippen molar-refractivity contribution in [1.82, 2.24) is 10.2 Å². The van der Waals surface area contributed by atoms with Crippen molar-refractivity contribution < 1.29 is 19.1 Å². The highest BCUT2D eigenvalue weighted by Gasteiger charge is 2.45. The van der Waals surface area contributed by atoms with Crippen molar-refractivity contribution in [2.24, 2.45) is 5.92 Å². The highest BCUT2D eigenvalue weighted by molar-refractivity contribution is 7.13. The summed E-state index contributed by atoms with van der Waals surface area (Å²) < 4.78 is 5.57. The van der Waals surface area contributed by atoms with E-state index in [0.29, 0.717) is 18.5 Å². The van der Waals surface area contributed by atoms with Gasteiger partial charge in [-0.3, -0.25) is 14.4 Å². The zero-order valence-electron chi connectivity index (χ0n) is 17.9. The number of carbonyl (C=O) groups is 3. The van der Waals surface area contributed by atoms with Crippen LogP contribution < -0.4 is 5.32 Å². The molecular formula is C24H28N2O4S. The first-order valence-electron chi connectivity index (χ1n) is 10.8. The fraction of sp³-hybridized carbons (Fsp3) is 0.458. The molecule has 2 aliphatic heterocycles. The largest absolute Gasteiger partial charge is 0.368 e. The van der Waals surface area contributed by atoms with Crippen molar-refractivity contribution in [3.8, 4) is 10.4 Å². The minimum Gasteiger partial charge on any atom is -0.368 e. The van der Waals surface area contributed by atoms with Gasteiger partial charge in [-0.05, 0) is 54.3 Å². The molecule has 2 fully saturated rings. The Morgan fingerprint density at radius 1 is 1.23 bits per heavy atom. The van der Waals surface area contributed by atoms with Crippen LogP contribution >= 0.6 is 11.3 Å². The molecule has 2 aromatic rings. The summed E-state index contributed by atoms with van der Waals surface area (Å²) in [5.41, 5.74) is 1.57. The number of Topliss-reactive ketones (excluding diaryl/α,β-unsaturated/α-hetero) is 1. The Hall–Kier alpha value is -2.51. The predicted octanol–water partition coefficient (Wildman–Crippen LogP) is 3.52. The molecule has 1 aromatic carbocycles. The predicted molar refractivity (Wildman–Crippen MR) is 120 cm³/mol. The van der Waals surface area contributed by atoms with Crippen molar-refractivity contribution in [2.45, 2.75) is 51.3 Å². The lowest BCUT2D eigenvalue weighted by Gasteiger charge is -2.37. The molecule has 6 nitrogen and oxygen atoms in total. The van der Waals surface area contributed by atoms with Gasteiger partial charge in [0.2, 0.25) is 5.91 Å². The number of hydrogen-bond acceptors (Lipinski definition) is 5. The molecule has 0 aliphatic carbocycles. The number of piperidine rings is 1. The van der Waals surface area contributed by atoms with Crippen molar-refractivity contribution in [1.29, 1.82) is 0 Å². The summed E-state index contributed by atoms with van der Waals surface area (Å²) in [4.78, 5) is 41.5. The van der Waals surface area contributed by atoms with Crippen LogP contribution in [0.2, 0.25) is 0 Å². The summed E-state index contributed by atoms with van der Waals surface area (Å²) in [5.74, 6) is -0.298. The smallest absolute Gasteiger partial charge is 0.251 e. The normalized spacial score (nSPS) is 21.8. The van der Waals surface area contributed by atoms with Crippen LogP contribution in [-0.4, -0.2) is 53.8 Å². The maximum atomic E-state index is 13.4. The molecule has 2 unspecified atom stereocenters. The molecule has 0 spiro atoms. The van der Waals surface area contributed by atoms with E-state index in [1.165, 1.54) is 0 Å². The van der Waals surface area contributed by atoms with Gasteiger partial charge in [-0.15, -0.1) is 11.3 Å². The highest BCUT2D eigenvalue weighted by Crippen LogP contribution is 2.28. The van der Waals surface area contributed by atoms with Gasteiger partial charge in [-0.2, -0.15) is 0 Å².